The normalized spacial score (nSPS) is 20.9. The Hall–Kier alpha value is -2.28. The number of aryl methyl sites for hydroxylation is 1. The van der Waals surface area contributed by atoms with Gasteiger partial charge in [-0.3, -0.25) is 4.79 Å². The summed E-state index contributed by atoms with van der Waals surface area (Å²) < 4.78 is 7.07. The van der Waals surface area contributed by atoms with E-state index in [0.29, 0.717) is 13.2 Å². The van der Waals surface area contributed by atoms with E-state index in [0.717, 1.165) is 17.3 Å². The summed E-state index contributed by atoms with van der Waals surface area (Å²) in [5.41, 5.74) is 0.683. The van der Waals surface area contributed by atoms with Crippen LogP contribution in [0.1, 0.15) is 37.3 Å². The van der Waals surface area contributed by atoms with E-state index in [-0.39, 0.29) is 23.6 Å². The molecule has 1 N–H and O–H groups in total. The maximum atomic E-state index is 12.1. The van der Waals surface area contributed by atoms with E-state index in [1.807, 2.05) is 13.0 Å². The molecule has 7 nitrogen and oxygen atoms in total. The lowest BCUT2D eigenvalue weighted by Crippen LogP contribution is -2.37. The average molecular weight is 315 g/mol. The van der Waals surface area contributed by atoms with Gasteiger partial charge >= 0.3 is 0 Å². The summed E-state index contributed by atoms with van der Waals surface area (Å²) in [4.78, 5) is 20.9. The zero-order chi connectivity index (χ0) is 16.4. The Morgan fingerprint density at radius 1 is 1.30 bits per heavy atom. The summed E-state index contributed by atoms with van der Waals surface area (Å²) in [6.45, 7) is 6.94. The molecule has 0 bridgehead atoms. The molecule has 0 spiro atoms. The molecule has 0 aromatic carbocycles. The molecule has 0 saturated carbocycles. The van der Waals surface area contributed by atoms with Gasteiger partial charge in [0.2, 0.25) is 0 Å². The third-order valence-electron chi connectivity index (χ3n) is 3.85. The highest BCUT2D eigenvalue weighted by atomic mass is 16.5. The maximum Gasteiger partial charge on any atom is 0.267 e. The van der Waals surface area contributed by atoms with Gasteiger partial charge in [0.1, 0.15) is 17.7 Å². The van der Waals surface area contributed by atoms with Crippen LogP contribution in [0.15, 0.2) is 29.2 Å². The van der Waals surface area contributed by atoms with Gasteiger partial charge in [0.05, 0.1) is 24.9 Å². The number of nitrogens with one attached hydrogen (secondary N) is 1. The molecule has 23 heavy (non-hydrogen) atoms. The van der Waals surface area contributed by atoms with Crippen LogP contribution in [0.3, 0.4) is 0 Å². The summed E-state index contributed by atoms with van der Waals surface area (Å²) in [7, 11) is 0. The van der Waals surface area contributed by atoms with E-state index in [9.17, 15) is 4.79 Å². The average Bonchev–Trinajstić information content (AvgIpc) is 2.98. The van der Waals surface area contributed by atoms with Crippen LogP contribution in [-0.4, -0.2) is 39.0 Å². The van der Waals surface area contributed by atoms with Gasteiger partial charge < -0.3 is 10.1 Å². The number of hydrogen-bond donors (Lipinski definition) is 1. The molecule has 2 aromatic heterocycles. The van der Waals surface area contributed by atoms with E-state index in [1.54, 1.807) is 18.3 Å². The zero-order valence-corrected chi connectivity index (χ0v) is 13.6. The first-order valence-electron chi connectivity index (χ1n) is 7.78. The van der Waals surface area contributed by atoms with Gasteiger partial charge in [0, 0.05) is 18.2 Å². The van der Waals surface area contributed by atoms with Crippen LogP contribution in [0.4, 0.5) is 5.82 Å². The van der Waals surface area contributed by atoms with Crippen molar-refractivity contribution < 1.29 is 4.74 Å². The fourth-order valence-electron chi connectivity index (χ4n) is 2.60. The number of hydrogen-bond acceptors (Lipinski definition) is 6. The number of anilines is 1. The Morgan fingerprint density at radius 2 is 2.13 bits per heavy atom. The molecule has 0 aliphatic carbocycles. The molecule has 1 aliphatic rings. The number of rotatable bonds is 4. The van der Waals surface area contributed by atoms with Gasteiger partial charge in [-0.25, -0.2) is 14.6 Å². The van der Waals surface area contributed by atoms with Crippen LogP contribution in [-0.2, 0) is 4.74 Å². The Kier molecular flexibility index (Phi) is 4.38. The third-order valence-corrected chi connectivity index (χ3v) is 3.85. The minimum atomic E-state index is -0.153. The molecule has 3 heterocycles. The first kappa shape index (κ1) is 15.6. The lowest BCUT2D eigenvalue weighted by molar-refractivity contribution is 0.182. The molecule has 0 radical (unpaired) electrons. The van der Waals surface area contributed by atoms with Crippen molar-refractivity contribution in [3.05, 3.63) is 46.3 Å². The van der Waals surface area contributed by atoms with Crippen LogP contribution >= 0.6 is 0 Å². The number of aromatic nitrogens is 4. The molecule has 1 fully saturated rings. The smallest absolute Gasteiger partial charge is 0.267 e. The monoisotopic (exact) mass is 315 g/mol. The number of nitrogens with zero attached hydrogens (tertiary/aromatic N) is 4. The standard InChI is InChI=1S/C16H21N5O2/c1-10(2)16-17-7-6-14(19-16)18-12-8-23-9-13(12)21-15(22)5-4-11(3)20-21/h4-7,10,12-13H,8-9H2,1-3H3,(H,17,18,19). The van der Waals surface area contributed by atoms with E-state index in [1.165, 1.54) is 4.68 Å². The number of ether oxygens (including phenoxy) is 1. The lowest BCUT2D eigenvalue weighted by Gasteiger charge is -2.21. The van der Waals surface area contributed by atoms with Crippen LogP contribution in [0, 0.1) is 6.92 Å². The molecule has 0 amide bonds. The van der Waals surface area contributed by atoms with E-state index in [2.05, 4.69) is 34.2 Å². The van der Waals surface area contributed by atoms with E-state index in [4.69, 9.17) is 4.74 Å². The van der Waals surface area contributed by atoms with Gasteiger partial charge in [-0.1, -0.05) is 13.8 Å². The van der Waals surface area contributed by atoms with Gasteiger partial charge in [-0.15, -0.1) is 0 Å². The van der Waals surface area contributed by atoms with Crippen LogP contribution in [0.25, 0.3) is 0 Å². The van der Waals surface area contributed by atoms with Crippen molar-refractivity contribution in [3.8, 4) is 0 Å². The van der Waals surface area contributed by atoms with Crippen molar-refractivity contribution in [1.29, 1.82) is 0 Å². The van der Waals surface area contributed by atoms with Crippen LogP contribution < -0.4 is 10.9 Å². The minimum Gasteiger partial charge on any atom is -0.377 e. The quantitative estimate of drug-likeness (QED) is 0.921. The second kappa shape index (κ2) is 6.45. The first-order valence-corrected chi connectivity index (χ1v) is 7.78. The molecule has 122 valence electrons. The molecule has 1 saturated heterocycles. The molecule has 2 aromatic rings. The zero-order valence-electron chi connectivity index (χ0n) is 13.6. The highest BCUT2D eigenvalue weighted by molar-refractivity contribution is 5.35. The lowest BCUT2D eigenvalue weighted by atomic mass is 10.1. The van der Waals surface area contributed by atoms with Crippen molar-refractivity contribution in [2.45, 2.75) is 38.8 Å². The van der Waals surface area contributed by atoms with E-state index < -0.39 is 0 Å². The van der Waals surface area contributed by atoms with E-state index >= 15 is 0 Å². The van der Waals surface area contributed by atoms with Crippen molar-refractivity contribution in [1.82, 2.24) is 19.7 Å². The fourth-order valence-corrected chi connectivity index (χ4v) is 2.60. The van der Waals surface area contributed by atoms with Crippen LogP contribution in [0.5, 0.6) is 0 Å². The summed E-state index contributed by atoms with van der Waals surface area (Å²) in [6, 6.07) is 4.88. The van der Waals surface area contributed by atoms with Gasteiger partial charge in [0.25, 0.3) is 5.56 Å². The Balaban J connectivity index is 1.83. The summed E-state index contributed by atoms with van der Waals surface area (Å²) in [6.07, 6.45) is 1.74. The SMILES string of the molecule is Cc1ccc(=O)n(C2COCC2Nc2ccnc(C(C)C)n2)n1. The van der Waals surface area contributed by atoms with Crippen molar-refractivity contribution in [2.75, 3.05) is 18.5 Å². The largest absolute Gasteiger partial charge is 0.377 e. The van der Waals surface area contributed by atoms with Gasteiger partial charge in [0.15, 0.2) is 0 Å². The maximum absolute atomic E-state index is 12.1. The molecular weight excluding hydrogens is 294 g/mol. The van der Waals surface area contributed by atoms with Gasteiger partial charge in [-0.05, 0) is 19.1 Å². The second-order valence-corrected chi connectivity index (χ2v) is 6.07. The molecule has 1 aliphatic heterocycles. The Morgan fingerprint density at radius 3 is 2.91 bits per heavy atom. The van der Waals surface area contributed by atoms with Crippen LogP contribution in [0.2, 0.25) is 0 Å². The molecule has 3 rings (SSSR count). The summed E-state index contributed by atoms with van der Waals surface area (Å²) in [5, 5.41) is 7.70. The summed E-state index contributed by atoms with van der Waals surface area (Å²) in [5.74, 6) is 1.79. The summed E-state index contributed by atoms with van der Waals surface area (Å²) >= 11 is 0. The van der Waals surface area contributed by atoms with Crippen molar-refractivity contribution >= 4 is 5.82 Å². The molecule has 2 atom stereocenters. The molecule has 2 unspecified atom stereocenters. The Bertz CT molecular complexity index is 743. The highest BCUT2D eigenvalue weighted by Gasteiger charge is 2.31. The topological polar surface area (TPSA) is 81.9 Å². The highest BCUT2D eigenvalue weighted by Crippen LogP contribution is 2.21. The predicted octanol–water partition coefficient (Wildman–Crippen LogP) is 1.52. The van der Waals surface area contributed by atoms with Crippen molar-refractivity contribution in [3.63, 3.8) is 0 Å². The third kappa shape index (κ3) is 3.39. The second-order valence-electron chi connectivity index (χ2n) is 6.07. The first-order chi connectivity index (χ1) is 11.0. The minimum absolute atomic E-state index is 0.0584. The molecular formula is C16H21N5O2. The van der Waals surface area contributed by atoms with Gasteiger partial charge in [-0.2, -0.15) is 5.10 Å². The van der Waals surface area contributed by atoms with Crippen molar-refractivity contribution in [2.24, 2.45) is 0 Å². The Labute approximate surface area is 134 Å². The predicted molar refractivity (Wildman–Crippen MR) is 86.6 cm³/mol. The molecule has 7 heteroatoms. The fraction of sp³-hybridized carbons (Fsp3) is 0.500.